The molecular weight excluding hydrogens is 443 g/mol. The zero-order chi connectivity index (χ0) is 23.6. The minimum Gasteiger partial charge on any atom is -0.494 e. The molecule has 7 heteroatoms. The smallest absolute Gasteiger partial charge is 0.242 e. The average molecular weight is 475 g/mol. The molecule has 3 rings (SSSR count). The number of benzene rings is 2. The summed E-state index contributed by atoms with van der Waals surface area (Å²) in [7, 11) is 0. The lowest BCUT2D eigenvalue weighted by molar-refractivity contribution is -0.141. The number of ether oxygens (including phenoxy) is 1. The Labute approximate surface area is 200 Å². The standard InChI is InChI=1S/C26H32ClFN2O3/c1-19(26(32)29-22-9-3-2-4-10-22)30(18-20-8-5-6-11-24(20)28)25(31)12-7-17-33-23-15-13-21(27)14-16-23/h5-6,8,11,13-16,19,22H,2-4,7,9-10,12,17-18H2,1H3,(H,29,32)/t19-/m0/s1. The first-order chi connectivity index (χ1) is 15.9. The molecule has 5 nitrogen and oxygen atoms in total. The highest BCUT2D eigenvalue weighted by Gasteiger charge is 2.28. The summed E-state index contributed by atoms with van der Waals surface area (Å²) in [5.74, 6) is -0.107. The second kappa shape index (κ2) is 12.6. The fourth-order valence-corrected chi connectivity index (χ4v) is 4.18. The number of nitrogens with one attached hydrogen (secondary N) is 1. The van der Waals surface area contributed by atoms with Crippen LogP contribution in [0.5, 0.6) is 5.75 Å². The molecular formula is C26H32ClFN2O3. The van der Waals surface area contributed by atoms with Crippen LogP contribution in [0.4, 0.5) is 4.39 Å². The molecule has 0 radical (unpaired) electrons. The molecule has 0 spiro atoms. The summed E-state index contributed by atoms with van der Waals surface area (Å²) in [4.78, 5) is 27.5. The fourth-order valence-electron chi connectivity index (χ4n) is 4.05. The van der Waals surface area contributed by atoms with Crippen LogP contribution in [0.3, 0.4) is 0 Å². The summed E-state index contributed by atoms with van der Waals surface area (Å²) in [6.07, 6.45) is 5.99. The van der Waals surface area contributed by atoms with E-state index in [1.807, 2.05) is 0 Å². The van der Waals surface area contributed by atoms with Crippen molar-refractivity contribution in [2.45, 2.75) is 70.5 Å². The topological polar surface area (TPSA) is 58.6 Å². The van der Waals surface area contributed by atoms with Gasteiger partial charge in [0, 0.05) is 29.6 Å². The van der Waals surface area contributed by atoms with E-state index in [9.17, 15) is 14.0 Å². The number of carbonyl (C=O) groups is 2. The maximum Gasteiger partial charge on any atom is 0.242 e. The average Bonchev–Trinajstić information content (AvgIpc) is 2.82. The minimum absolute atomic E-state index is 0.0444. The second-order valence-electron chi connectivity index (χ2n) is 8.54. The van der Waals surface area contributed by atoms with Crippen LogP contribution >= 0.6 is 11.6 Å². The molecule has 1 aliphatic rings. The van der Waals surface area contributed by atoms with Crippen molar-refractivity contribution in [1.29, 1.82) is 0 Å². The second-order valence-corrected chi connectivity index (χ2v) is 8.97. The molecule has 0 aromatic heterocycles. The van der Waals surface area contributed by atoms with Crippen molar-refractivity contribution in [3.05, 3.63) is 64.9 Å². The van der Waals surface area contributed by atoms with Crippen LogP contribution in [-0.2, 0) is 16.1 Å². The number of hydrogen-bond acceptors (Lipinski definition) is 3. The van der Waals surface area contributed by atoms with Crippen molar-refractivity contribution >= 4 is 23.4 Å². The maximum atomic E-state index is 14.3. The maximum absolute atomic E-state index is 14.3. The van der Waals surface area contributed by atoms with Gasteiger partial charge in [0.1, 0.15) is 17.6 Å². The molecule has 33 heavy (non-hydrogen) atoms. The van der Waals surface area contributed by atoms with Crippen LogP contribution in [-0.4, -0.2) is 35.4 Å². The fraction of sp³-hybridized carbons (Fsp3) is 0.462. The van der Waals surface area contributed by atoms with Gasteiger partial charge < -0.3 is 15.0 Å². The van der Waals surface area contributed by atoms with Gasteiger partial charge in [-0.15, -0.1) is 0 Å². The third-order valence-electron chi connectivity index (χ3n) is 6.03. The predicted octanol–water partition coefficient (Wildman–Crippen LogP) is 5.50. The highest BCUT2D eigenvalue weighted by molar-refractivity contribution is 6.30. The molecule has 1 aliphatic carbocycles. The Kier molecular flexibility index (Phi) is 9.55. The molecule has 178 valence electrons. The Morgan fingerprint density at radius 1 is 1.12 bits per heavy atom. The quantitative estimate of drug-likeness (QED) is 0.462. The molecule has 0 aliphatic heterocycles. The molecule has 0 heterocycles. The van der Waals surface area contributed by atoms with Crippen molar-refractivity contribution in [2.24, 2.45) is 0 Å². The lowest BCUT2D eigenvalue weighted by Gasteiger charge is -2.31. The SMILES string of the molecule is C[C@@H](C(=O)NC1CCCCC1)N(Cc1ccccc1F)C(=O)CCCOc1ccc(Cl)cc1. The highest BCUT2D eigenvalue weighted by Crippen LogP contribution is 2.20. The van der Waals surface area contributed by atoms with E-state index in [1.54, 1.807) is 49.4 Å². The van der Waals surface area contributed by atoms with Gasteiger partial charge in [-0.3, -0.25) is 9.59 Å². The summed E-state index contributed by atoms with van der Waals surface area (Å²) < 4.78 is 20.0. The Morgan fingerprint density at radius 3 is 2.52 bits per heavy atom. The van der Waals surface area contributed by atoms with E-state index in [2.05, 4.69) is 5.32 Å². The van der Waals surface area contributed by atoms with Gasteiger partial charge in [0.05, 0.1) is 6.61 Å². The third-order valence-corrected chi connectivity index (χ3v) is 6.29. The van der Waals surface area contributed by atoms with Gasteiger partial charge in [0.2, 0.25) is 11.8 Å². The Bertz CT molecular complexity index is 916. The summed E-state index contributed by atoms with van der Waals surface area (Å²) in [6.45, 7) is 2.10. The van der Waals surface area contributed by atoms with Crippen LogP contribution in [0, 0.1) is 5.82 Å². The monoisotopic (exact) mass is 474 g/mol. The van der Waals surface area contributed by atoms with Gasteiger partial charge >= 0.3 is 0 Å². The first-order valence-electron chi connectivity index (χ1n) is 11.7. The summed E-state index contributed by atoms with van der Waals surface area (Å²) in [6, 6.07) is 12.8. The van der Waals surface area contributed by atoms with E-state index >= 15 is 0 Å². The van der Waals surface area contributed by atoms with Gasteiger partial charge in [-0.25, -0.2) is 4.39 Å². The van der Waals surface area contributed by atoms with E-state index in [1.165, 1.54) is 17.4 Å². The van der Waals surface area contributed by atoms with E-state index in [0.717, 1.165) is 25.7 Å². The van der Waals surface area contributed by atoms with Gasteiger partial charge in [0.25, 0.3) is 0 Å². The molecule has 0 bridgehead atoms. The summed E-state index contributed by atoms with van der Waals surface area (Å²) >= 11 is 5.88. The first-order valence-corrected chi connectivity index (χ1v) is 12.0. The van der Waals surface area contributed by atoms with Crippen LogP contribution in [0.1, 0.15) is 57.4 Å². The van der Waals surface area contributed by atoms with Crippen LogP contribution in [0.2, 0.25) is 5.02 Å². The number of amides is 2. The van der Waals surface area contributed by atoms with E-state index in [4.69, 9.17) is 16.3 Å². The van der Waals surface area contributed by atoms with Crippen LogP contribution in [0.25, 0.3) is 0 Å². The molecule has 2 aromatic rings. The van der Waals surface area contributed by atoms with E-state index < -0.39 is 6.04 Å². The van der Waals surface area contributed by atoms with Crippen molar-refractivity contribution < 1.29 is 18.7 Å². The lowest BCUT2D eigenvalue weighted by atomic mass is 9.95. The summed E-state index contributed by atoms with van der Waals surface area (Å²) in [5, 5.41) is 3.71. The van der Waals surface area contributed by atoms with Gasteiger partial charge in [0.15, 0.2) is 0 Å². The largest absolute Gasteiger partial charge is 0.494 e. The first kappa shape index (κ1) is 25.0. The molecule has 0 unspecified atom stereocenters. The number of hydrogen-bond donors (Lipinski definition) is 1. The number of carbonyl (C=O) groups excluding carboxylic acids is 2. The molecule has 1 N–H and O–H groups in total. The third kappa shape index (κ3) is 7.74. The number of rotatable bonds is 10. The normalized spacial score (nSPS) is 15.0. The number of nitrogens with zero attached hydrogens (tertiary/aromatic N) is 1. The van der Waals surface area contributed by atoms with E-state index in [-0.39, 0.29) is 36.6 Å². The molecule has 1 fully saturated rings. The van der Waals surface area contributed by atoms with Crippen molar-refractivity contribution in [2.75, 3.05) is 6.61 Å². The minimum atomic E-state index is -0.698. The van der Waals surface area contributed by atoms with Gasteiger partial charge in [-0.05, 0) is 56.5 Å². The van der Waals surface area contributed by atoms with Crippen molar-refractivity contribution in [3.8, 4) is 5.75 Å². The highest BCUT2D eigenvalue weighted by atomic mass is 35.5. The van der Waals surface area contributed by atoms with Crippen molar-refractivity contribution in [3.63, 3.8) is 0 Å². The van der Waals surface area contributed by atoms with Crippen LogP contribution in [0.15, 0.2) is 48.5 Å². The zero-order valence-corrected chi connectivity index (χ0v) is 19.8. The molecule has 2 aromatic carbocycles. The summed E-state index contributed by atoms with van der Waals surface area (Å²) in [5.41, 5.74) is 0.389. The lowest BCUT2D eigenvalue weighted by Crippen LogP contribution is -2.50. The predicted molar refractivity (Wildman–Crippen MR) is 128 cm³/mol. The molecule has 1 atom stereocenters. The zero-order valence-electron chi connectivity index (χ0n) is 19.1. The molecule has 2 amide bonds. The van der Waals surface area contributed by atoms with Gasteiger partial charge in [-0.1, -0.05) is 49.1 Å². The van der Waals surface area contributed by atoms with Crippen LogP contribution < -0.4 is 10.1 Å². The Hall–Kier alpha value is -2.60. The molecule has 1 saturated carbocycles. The van der Waals surface area contributed by atoms with Gasteiger partial charge in [-0.2, -0.15) is 0 Å². The number of halogens is 2. The Balaban J connectivity index is 1.60. The molecule has 0 saturated heterocycles. The Morgan fingerprint density at radius 2 is 1.82 bits per heavy atom. The van der Waals surface area contributed by atoms with Crippen molar-refractivity contribution in [1.82, 2.24) is 10.2 Å². The van der Waals surface area contributed by atoms with E-state index in [0.29, 0.717) is 29.4 Å².